The summed E-state index contributed by atoms with van der Waals surface area (Å²) in [5.74, 6) is 0.796. The highest BCUT2D eigenvalue weighted by Crippen LogP contribution is 2.22. The molecule has 1 amide bonds. The number of benzene rings is 1. The SMILES string of the molecule is CN(C)CCOc1cccc(NC(=O)C2(C)CCCN2)c1. The molecule has 2 N–H and O–H groups in total. The number of nitrogens with one attached hydrogen (secondary N) is 2. The van der Waals surface area contributed by atoms with E-state index in [0.29, 0.717) is 6.61 Å². The monoisotopic (exact) mass is 291 g/mol. The molecule has 0 aromatic heterocycles. The maximum absolute atomic E-state index is 12.3. The summed E-state index contributed by atoms with van der Waals surface area (Å²) in [5, 5.41) is 6.24. The smallest absolute Gasteiger partial charge is 0.244 e. The zero-order chi connectivity index (χ0) is 15.3. The van der Waals surface area contributed by atoms with Crippen LogP contribution < -0.4 is 15.4 Å². The highest BCUT2D eigenvalue weighted by Gasteiger charge is 2.35. The number of anilines is 1. The Labute approximate surface area is 126 Å². The quantitative estimate of drug-likeness (QED) is 0.838. The predicted molar refractivity (Wildman–Crippen MR) is 84.8 cm³/mol. The van der Waals surface area contributed by atoms with E-state index in [1.165, 1.54) is 0 Å². The molecule has 2 rings (SSSR count). The zero-order valence-electron chi connectivity index (χ0n) is 13.1. The first kappa shape index (κ1) is 15.8. The van der Waals surface area contributed by atoms with Crippen molar-refractivity contribution in [2.24, 2.45) is 0 Å². The second kappa shape index (κ2) is 6.91. The number of hydrogen-bond donors (Lipinski definition) is 2. The van der Waals surface area contributed by atoms with Crippen LogP contribution in [-0.2, 0) is 4.79 Å². The minimum atomic E-state index is -0.457. The Bertz CT molecular complexity index is 482. The summed E-state index contributed by atoms with van der Waals surface area (Å²) >= 11 is 0. The van der Waals surface area contributed by atoms with Crippen LogP contribution in [0.2, 0.25) is 0 Å². The van der Waals surface area contributed by atoms with Gasteiger partial charge in [-0.25, -0.2) is 0 Å². The largest absolute Gasteiger partial charge is 0.492 e. The molecule has 0 spiro atoms. The van der Waals surface area contributed by atoms with Gasteiger partial charge in [0.05, 0.1) is 5.54 Å². The Morgan fingerprint density at radius 3 is 2.95 bits per heavy atom. The normalized spacial score (nSPS) is 21.5. The predicted octanol–water partition coefficient (Wildman–Crippen LogP) is 1.71. The number of ether oxygens (including phenoxy) is 1. The molecule has 1 aliphatic rings. The van der Waals surface area contributed by atoms with E-state index < -0.39 is 5.54 Å². The van der Waals surface area contributed by atoms with Crippen LogP contribution in [-0.4, -0.2) is 50.1 Å². The Morgan fingerprint density at radius 1 is 1.48 bits per heavy atom. The third-order valence-corrected chi connectivity index (χ3v) is 3.77. The molecule has 5 heteroatoms. The van der Waals surface area contributed by atoms with E-state index in [4.69, 9.17) is 4.74 Å². The van der Waals surface area contributed by atoms with Crippen molar-refractivity contribution in [2.75, 3.05) is 39.1 Å². The van der Waals surface area contributed by atoms with Crippen LogP contribution in [0.3, 0.4) is 0 Å². The van der Waals surface area contributed by atoms with Crippen molar-refractivity contribution in [2.45, 2.75) is 25.3 Å². The third-order valence-electron chi connectivity index (χ3n) is 3.77. The van der Waals surface area contributed by atoms with Crippen molar-refractivity contribution < 1.29 is 9.53 Å². The molecule has 0 aliphatic carbocycles. The van der Waals surface area contributed by atoms with E-state index in [1.54, 1.807) is 0 Å². The van der Waals surface area contributed by atoms with E-state index in [2.05, 4.69) is 15.5 Å². The van der Waals surface area contributed by atoms with Crippen LogP contribution in [0.15, 0.2) is 24.3 Å². The molecule has 1 unspecified atom stereocenters. The fourth-order valence-corrected chi connectivity index (χ4v) is 2.37. The number of likely N-dealkylation sites (N-methyl/N-ethyl adjacent to an activating group) is 1. The van der Waals surface area contributed by atoms with Gasteiger partial charge < -0.3 is 20.3 Å². The van der Waals surface area contributed by atoms with Crippen LogP contribution >= 0.6 is 0 Å². The van der Waals surface area contributed by atoms with Crippen molar-refractivity contribution >= 4 is 11.6 Å². The highest BCUT2D eigenvalue weighted by molar-refractivity contribution is 5.98. The van der Waals surface area contributed by atoms with Crippen molar-refractivity contribution in [1.82, 2.24) is 10.2 Å². The Balaban J connectivity index is 1.93. The summed E-state index contributed by atoms with van der Waals surface area (Å²) in [6.07, 6.45) is 1.91. The van der Waals surface area contributed by atoms with Gasteiger partial charge in [-0.3, -0.25) is 4.79 Å². The van der Waals surface area contributed by atoms with E-state index in [1.807, 2.05) is 45.3 Å². The van der Waals surface area contributed by atoms with Crippen molar-refractivity contribution in [3.05, 3.63) is 24.3 Å². The molecule has 1 aromatic rings. The average Bonchev–Trinajstić information content (AvgIpc) is 2.87. The molecule has 0 saturated carbocycles. The lowest BCUT2D eigenvalue weighted by Gasteiger charge is -2.23. The molecule has 5 nitrogen and oxygen atoms in total. The fourth-order valence-electron chi connectivity index (χ4n) is 2.37. The van der Waals surface area contributed by atoms with Gasteiger partial charge in [-0.1, -0.05) is 6.07 Å². The molecule has 0 bridgehead atoms. The van der Waals surface area contributed by atoms with E-state index in [9.17, 15) is 4.79 Å². The molecule has 1 heterocycles. The van der Waals surface area contributed by atoms with Crippen LogP contribution in [0.4, 0.5) is 5.69 Å². The van der Waals surface area contributed by atoms with Gasteiger partial charge in [-0.05, 0) is 52.5 Å². The molecular weight excluding hydrogens is 266 g/mol. The van der Waals surface area contributed by atoms with Crippen molar-refractivity contribution in [3.8, 4) is 5.75 Å². The first-order valence-electron chi connectivity index (χ1n) is 7.44. The lowest BCUT2D eigenvalue weighted by Crippen LogP contribution is -2.47. The first-order chi connectivity index (χ1) is 9.99. The van der Waals surface area contributed by atoms with E-state index in [0.717, 1.165) is 37.4 Å². The lowest BCUT2D eigenvalue weighted by molar-refractivity contribution is -0.121. The van der Waals surface area contributed by atoms with Gasteiger partial charge in [-0.15, -0.1) is 0 Å². The Hall–Kier alpha value is -1.59. The van der Waals surface area contributed by atoms with Gasteiger partial charge in [-0.2, -0.15) is 0 Å². The molecule has 1 fully saturated rings. The van der Waals surface area contributed by atoms with Gasteiger partial charge in [0.1, 0.15) is 12.4 Å². The van der Waals surface area contributed by atoms with Gasteiger partial charge in [0.25, 0.3) is 0 Å². The third kappa shape index (κ3) is 4.44. The molecule has 21 heavy (non-hydrogen) atoms. The van der Waals surface area contributed by atoms with Gasteiger partial charge >= 0.3 is 0 Å². The molecule has 0 radical (unpaired) electrons. The molecule has 1 atom stereocenters. The highest BCUT2D eigenvalue weighted by atomic mass is 16.5. The van der Waals surface area contributed by atoms with Crippen LogP contribution in [0.1, 0.15) is 19.8 Å². The van der Waals surface area contributed by atoms with E-state index in [-0.39, 0.29) is 5.91 Å². The summed E-state index contributed by atoms with van der Waals surface area (Å²) in [6.45, 7) is 4.34. The number of hydrogen-bond acceptors (Lipinski definition) is 4. The summed E-state index contributed by atoms with van der Waals surface area (Å²) in [4.78, 5) is 14.4. The maximum atomic E-state index is 12.3. The standard InChI is InChI=1S/C16H25N3O2/c1-16(8-5-9-17-16)15(20)18-13-6-4-7-14(12-13)21-11-10-19(2)3/h4,6-7,12,17H,5,8-11H2,1-3H3,(H,18,20). The fraction of sp³-hybridized carbons (Fsp3) is 0.562. The Morgan fingerprint density at radius 2 is 2.29 bits per heavy atom. The second-order valence-electron chi connectivity index (χ2n) is 6.00. The Kier molecular flexibility index (Phi) is 5.20. The topological polar surface area (TPSA) is 53.6 Å². The van der Waals surface area contributed by atoms with E-state index >= 15 is 0 Å². The van der Waals surface area contributed by atoms with Crippen LogP contribution in [0.25, 0.3) is 0 Å². The minimum Gasteiger partial charge on any atom is -0.492 e. The zero-order valence-corrected chi connectivity index (χ0v) is 13.1. The summed E-state index contributed by atoms with van der Waals surface area (Å²) in [5.41, 5.74) is 0.319. The van der Waals surface area contributed by atoms with Gasteiger partial charge in [0.15, 0.2) is 0 Å². The van der Waals surface area contributed by atoms with Gasteiger partial charge in [0.2, 0.25) is 5.91 Å². The number of amides is 1. The molecule has 1 saturated heterocycles. The number of carbonyl (C=O) groups excluding carboxylic acids is 1. The van der Waals surface area contributed by atoms with Crippen LogP contribution in [0.5, 0.6) is 5.75 Å². The van der Waals surface area contributed by atoms with Crippen molar-refractivity contribution in [1.29, 1.82) is 0 Å². The summed E-state index contributed by atoms with van der Waals surface area (Å²) in [6, 6.07) is 7.55. The molecule has 1 aromatic carbocycles. The van der Waals surface area contributed by atoms with Crippen LogP contribution in [0, 0.1) is 0 Å². The summed E-state index contributed by atoms with van der Waals surface area (Å²) < 4.78 is 5.68. The molecule has 116 valence electrons. The number of nitrogens with zero attached hydrogens (tertiary/aromatic N) is 1. The first-order valence-corrected chi connectivity index (χ1v) is 7.44. The van der Waals surface area contributed by atoms with Gasteiger partial charge in [0, 0.05) is 18.3 Å². The number of rotatable bonds is 6. The van der Waals surface area contributed by atoms with Crippen molar-refractivity contribution in [3.63, 3.8) is 0 Å². The second-order valence-corrected chi connectivity index (χ2v) is 6.00. The minimum absolute atomic E-state index is 0.0189. The average molecular weight is 291 g/mol. The number of carbonyl (C=O) groups is 1. The maximum Gasteiger partial charge on any atom is 0.244 e. The molecular formula is C16H25N3O2. The molecule has 1 aliphatic heterocycles. The summed E-state index contributed by atoms with van der Waals surface area (Å²) in [7, 11) is 4.02. The lowest BCUT2D eigenvalue weighted by atomic mass is 9.99.